The van der Waals surface area contributed by atoms with Crippen molar-refractivity contribution in [3.05, 3.63) is 84.9 Å². The number of allylic oxidation sites excluding steroid dienone is 1. The number of aromatic nitrogens is 1. The van der Waals surface area contributed by atoms with Crippen molar-refractivity contribution >= 4 is 23.0 Å². The smallest absolute Gasteiger partial charge is 0.207 e. The third kappa shape index (κ3) is 3.45. The Hall–Kier alpha value is -3.66. The zero-order valence-corrected chi connectivity index (χ0v) is 15.6. The van der Waals surface area contributed by atoms with E-state index in [2.05, 4.69) is 53.3 Å². The molecule has 1 amide bonds. The van der Waals surface area contributed by atoms with Crippen LogP contribution in [0, 0.1) is 0 Å². The van der Waals surface area contributed by atoms with Gasteiger partial charge in [-0.15, -0.1) is 0 Å². The molecule has 0 radical (unpaired) electrons. The fourth-order valence-corrected chi connectivity index (χ4v) is 3.30. The summed E-state index contributed by atoms with van der Waals surface area (Å²) in [4.78, 5) is 14.7. The normalized spacial score (nSPS) is 10.8. The van der Waals surface area contributed by atoms with E-state index in [0.29, 0.717) is 18.7 Å². The van der Waals surface area contributed by atoms with Crippen molar-refractivity contribution in [2.45, 2.75) is 13.5 Å². The number of nitrogens with zero attached hydrogens (tertiary/aromatic N) is 1. The quantitative estimate of drug-likeness (QED) is 0.461. The number of nitrogens with one attached hydrogen (secondary N) is 1. The van der Waals surface area contributed by atoms with Gasteiger partial charge in [-0.3, -0.25) is 9.78 Å². The van der Waals surface area contributed by atoms with E-state index in [0.717, 1.165) is 44.4 Å². The minimum Gasteiger partial charge on any atom is -0.459 e. The van der Waals surface area contributed by atoms with Crippen LogP contribution in [0.15, 0.2) is 78.0 Å². The number of rotatable bonds is 6. The Bertz CT molecular complexity index is 1140. The highest BCUT2D eigenvalue weighted by atomic mass is 16.3. The van der Waals surface area contributed by atoms with E-state index < -0.39 is 0 Å². The zero-order valence-electron chi connectivity index (χ0n) is 15.6. The molecule has 0 spiro atoms. The predicted octanol–water partition coefficient (Wildman–Crippen LogP) is 5.44. The molecular formula is C24H20N2O2. The van der Waals surface area contributed by atoms with Gasteiger partial charge < -0.3 is 9.73 Å². The summed E-state index contributed by atoms with van der Waals surface area (Å²) in [6.45, 7) is 6.36. The number of pyridine rings is 1. The molecule has 4 rings (SSSR count). The number of hydrogen-bond acceptors (Lipinski definition) is 3. The van der Waals surface area contributed by atoms with Crippen molar-refractivity contribution in [2.24, 2.45) is 0 Å². The lowest BCUT2D eigenvalue weighted by atomic mass is 9.96. The van der Waals surface area contributed by atoms with E-state index in [9.17, 15) is 4.79 Å². The number of furan rings is 1. The number of carbonyl (C=O) groups is 1. The number of carbonyl (C=O) groups excluding carboxylic acids is 1. The molecule has 0 saturated heterocycles. The molecule has 4 heteroatoms. The molecule has 28 heavy (non-hydrogen) atoms. The van der Waals surface area contributed by atoms with Crippen molar-refractivity contribution in [3.63, 3.8) is 0 Å². The lowest BCUT2D eigenvalue weighted by Crippen LogP contribution is -2.08. The average molecular weight is 368 g/mol. The van der Waals surface area contributed by atoms with Gasteiger partial charge in [0.15, 0.2) is 0 Å². The summed E-state index contributed by atoms with van der Waals surface area (Å²) in [5.41, 5.74) is 7.22. The van der Waals surface area contributed by atoms with Crippen molar-refractivity contribution in [1.82, 2.24) is 10.3 Å². The van der Waals surface area contributed by atoms with Crippen LogP contribution in [-0.2, 0) is 11.3 Å². The summed E-state index contributed by atoms with van der Waals surface area (Å²) in [6.07, 6.45) is 4.21. The van der Waals surface area contributed by atoms with Gasteiger partial charge in [-0.25, -0.2) is 0 Å². The van der Waals surface area contributed by atoms with Crippen molar-refractivity contribution in [3.8, 4) is 22.3 Å². The summed E-state index contributed by atoms with van der Waals surface area (Å²) in [5.74, 6) is 0.715. The van der Waals surface area contributed by atoms with Crippen molar-refractivity contribution < 1.29 is 9.21 Å². The molecule has 2 heterocycles. The first-order valence-corrected chi connectivity index (χ1v) is 9.06. The fraction of sp³-hybridized carbons (Fsp3) is 0.0833. The Morgan fingerprint density at radius 1 is 1.04 bits per heavy atom. The van der Waals surface area contributed by atoms with Crippen LogP contribution in [0.2, 0.25) is 0 Å². The lowest BCUT2D eigenvalue weighted by molar-refractivity contribution is -0.109. The van der Waals surface area contributed by atoms with Crippen LogP contribution in [0.4, 0.5) is 0 Å². The van der Waals surface area contributed by atoms with Gasteiger partial charge in [-0.05, 0) is 59.5 Å². The highest BCUT2D eigenvalue weighted by Gasteiger charge is 2.13. The third-order valence-electron chi connectivity index (χ3n) is 4.73. The molecule has 0 aliphatic rings. The van der Waals surface area contributed by atoms with Crippen LogP contribution in [-0.4, -0.2) is 11.4 Å². The van der Waals surface area contributed by atoms with Gasteiger partial charge in [0.2, 0.25) is 6.41 Å². The lowest BCUT2D eigenvalue weighted by Gasteiger charge is -2.09. The van der Waals surface area contributed by atoms with Crippen LogP contribution in [0.3, 0.4) is 0 Å². The number of amides is 1. The first-order valence-electron chi connectivity index (χ1n) is 9.06. The van der Waals surface area contributed by atoms with Crippen molar-refractivity contribution in [2.75, 3.05) is 0 Å². The standard InChI is InChI=1S/C24H20N2O2/c1-16(2)17-3-5-18(6-4-17)20-11-21-12-22(14-26-15-27)28-24(21)23(13-20)19-7-9-25-10-8-19/h3-13,15H,1,14H2,2H3,(H,26,27). The van der Waals surface area contributed by atoms with Crippen LogP contribution in [0.1, 0.15) is 18.2 Å². The van der Waals surface area contributed by atoms with Crippen LogP contribution in [0.25, 0.3) is 38.8 Å². The average Bonchev–Trinajstić information content (AvgIpc) is 3.15. The van der Waals surface area contributed by atoms with E-state index in [1.54, 1.807) is 12.4 Å². The van der Waals surface area contributed by atoms with Gasteiger partial charge in [0.25, 0.3) is 0 Å². The second-order valence-corrected chi connectivity index (χ2v) is 6.75. The molecule has 0 aliphatic heterocycles. The maximum absolute atomic E-state index is 10.6. The molecule has 0 saturated carbocycles. The minimum atomic E-state index is 0.358. The summed E-state index contributed by atoms with van der Waals surface area (Å²) >= 11 is 0. The molecular weight excluding hydrogens is 348 g/mol. The van der Waals surface area contributed by atoms with E-state index >= 15 is 0 Å². The summed E-state index contributed by atoms with van der Waals surface area (Å²) in [6, 6.07) is 18.5. The second kappa shape index (κ2) is 7.53. The minimum absolute atomic E-state index is 0.358. The van der Waals surface area contributed by atoms with E-state index in [1.165, 1.54) is 0 Å². The molecule has 0 atom stereocenters. The Morgan fingerprint density at radius 3 is 2.46 bits per heavy atom. The monoisotopic (exact) mass is 368 g/mol. The molecule has 0 fully saturated rings. The highest BCUT2D eigenvalue weighted by molar-refractivity contribution is 5.97. The van der Waals surface area contributed by atoms with Crippen molar-refractivity contribution in [1.29, 1.82) is 0 Å². The van der Waals surface area contributed by atoms with E-state index in [-0.39, 0.29) is 0 Å². The first-order chi connectivity index (χ1) is 13.7. The number of hydrogen-bond donors (Lipinski definition) is 1. The number of fused-ring (bicyclic) bond motifs is 1. The molecule has 0 aliphatic carbocycles. The molecule has 0 bridgehead atoms. The topological polar surface area (TPSA) is 55.1 Å². The molecule has 2 aromatic carbocycles. The van der Waals surface area contributed by atoms with E-state index in [4.69, 9.17) is 4.42 Å². The van der Waals surface area contributed by atoms with Crippen LogP contribution < -0.4 is 5.32 Å². The molecule has 138 valence electrons. The Balaban J connectivity index is 1.87. The fourth-order valence-electron chi connectivity index (χ4n) is 3.30. The third-order valence-corrected chi connectivity index (χ3v) is 4.73. The summed E-state index contributed by atoms with van der Waals surface area (Å²) in [5, 5.41) is 3.65. The van der Waals surface area contributed by atoms with Gasteiger partial charge in [0.1, 0.15) is 11.3 Å². The van der Waals surface area contributed by atoms with Crippen LogP contribution >= 0.6 is 0 Å². The largest absolute Gasteiger partial charge is 0.459 e. The summed E-state index contributed by atoms with van der Waals surface area (Å²) in [7, 11) is 0. The first kappa shape index (κ1) is 17.7. The van der Waals surface area contributed by atoms with Gasteiger partial charge >= 0.3 is 0 Å². The molecule has 2 aromatic heterocycles. The maximum atomic E-state index is 10.6. The SMILES string of the molecule is C=C(C)c1ccc(-c2cc(-c3ccncc3)c3oc(CNC=O)cc3c2)cc1. The zero-order chi connectivity index (χ0) is 19.5. The highest BCUT2D eigenvalue weighted by Crippen LogP contribution is 2.36. The molecule has 4 aromatic rings. The maximum Gasteiger partial charge on any atom is 0.207 e. The molecule has 0 unspecified atom stereocenters. The van der Waals surface area contributed by atoms with E-state index in [1.807, 2.05) is 25.1 Å². The molecule has 4 nitrogen and oxygen atoms in total. The Kier molecular flexibility index (Phi) is 4.77. The van der Waals surface area contributed by atoms with Gasteiger partial charge in [0.05, 0.1) is 6.54 Å². The van der Waals surface area contributed by atoms with Gasteiger partial charge in [0, 0.05) is 23.3 Å². The Labute approximate surface area is 163 Å². The second-order valence-electron chi connectivity index (χ2n) is 6.75. The van der Waals surface area contributed by atoms with Gasteiger partial charge in [-0.1, -0.05) is 36.4 Å². The predicted molar refractivity (Wildman–Crippen MR) is 112 cm³/mol. The summed E-state index contributed by atoms with van der Waals surface area (Å²) < 4.78 is 6.04. The van der Waals surface area contributed by atoms with Crippen LogP contribution in [0.5, 0.6) is 0 Å². The van der Waals surface area contributed by atoms with Gasteiger partial charge in [-0.2, -0.15) is 0 Å². The Morgan fingerprint density at radius 2 is 1.79 bits per heavy atom. The molecule has 1 N–H and O–H groups in total. The number of benzene rings is 2.